The number of likely N-dealkylation sites (tertiary alicyclic amines) is 1. The van der Waals surface area contributed by atoms with E-state index in [-0.39, 0.29) is 17.8 Å². The van der Waals surface area contributed by atoms with Crippen LogP contribution in [-0.2, 0) is 11.0 Å². The number of hydrogen-bond acceptors (Lipinski definition) is 3. The van der Waals surface area contributed by atoms with Crippen LogP contribution in [-0.4, -0.2) is 39.5 Å². The molecule has 1 aliphatic rings. The van der Waals surface area contributed by atoms with E-state index < -0.39 is 29.8 Å². The Kier molecular flexibility index (Phi) is 3.89. The maximum absolute atomic E-state index is 12.5. The molecule has 0 saturated carbocycles. The molecule has 5 nitrogen and oxygen atoms in total. The first-order valence-corrected chi connectivity index (χ1v) is 6.30. The molecule has 114 valence electrons. The molecule has 0 aromatic carbocycles. The van der Waals surface area contributed by atoms with Crippen LogP contribution >= 0.6 is 0 Å². The van der Waals surface area contributed by atoms with Gasteiger partial charge in [0.1, 0.15) is 11.7 Å². The van der Waals surface area contributed by atoms with E-state index in [9.17, 15) is 22.8 Å². The number of aromatic nitrogens is 1. The summed E-state index contributed by atoms with van der Waals surface area (Å²) in [5.74, 6) is -1.71. The van der Waals surface area contributed by atoms with Crippen molar-refractivity contribution in [3.63, 3.8) is 0 Å². The van der Waals surface area contributed by atoms with Gasteiger partial charge in [0.2, 0.25) is 0 Å². The Hall–Kier alpha value is -2.12. The lowest BCUT2D eigenvalue weighted by atomic mass is 10.1. The van der Waals surface area contributed by atoms with E-state index in [1.165, 1.54) is 11.8 Å². The van der Waals surface area contributed by atoms with Gasteiger partial charge in [-0.1, -0.05) is 0 Å². The molecule has 21 heavy (non-hydrogen) atoms. The lowest BCUT2D eigenvalue weighted by molar-refractivity contribution is -0.142. The van der Waals surface area contributed by atoms with Gasteiger partial charge in [-0.05, 0) is 31.9 Å². The predicted octanol–water partition coefficient (Wildman–Crippen LogP) is 2.10. The van der Waals surface area contributed by atoms with E-state index in [2.05, 4.69) is 4.98 Å². The number of amides is 1. The molecule has 1 unspecified atom stereocenters. The fourth-order valence-electron chi connectivity index (χ4n) is 2.37. The van der Waals surface area contributed by atoms with Crippen molar-refractivity contribution in [2.24, 2.45) is 0 Å². The quantitative estimate of drug-likeness (QED) is 0.908. The fourth-order valence-corrected chi connectivity index (χ4v) is 2.37. The van der Waals surface area contributed by atoms with Crippen LogP contribution in [0.4, 0.5) is 13.2 Å². The van der Waals surface area contributed by atoms with Gasteiger partial charge in [0.05, 0.1) is 11.3 Å². The van der Waals surface area contributed by atoms with Gasteiger partial charge >= 0.3 is 12.1 Å². The van der Waals surface area contributed by atoms with Crippen LogP contribution in [0.3, 0.4) is 0 Å². The second-order valence-corrected chi connectivity index (χ2v) is 4.82. The predicted molar refractivity (Wildman–Crippen MR) is 65.7 cm³/mol. The van der Waals surface area contributed by atoms with Crippen molar-refractivity contribution in [3.05, 3.63) is 29.1 Å². The maximum Gasteiger partial charge on any atom is 0.433 e. The normalized spacial score (nSPS) is 18.9. The van der Waals surface area contributed by atoms with Crippen LogP contribution in [0.15, 0.2) is 12.1 Å². The van der Waals surface area contributed by atoms with Gasteiger partial charge in [0, 0.05) is 6.54 Å². The van der Waals surface area contributed by atoms with Crippen molar-refractivity contribution in [2.45, 2.75) is 32.0 Å². The summed E-state index contributed by atoms with van der Waals surface area (Å²) < 4.78 is 37.6. The topological polar surface area (TPSA) is 70.5 Å². The van der Waals surface area contributed by atoms with Crippen LogP contribution in [0, 0.1) is 6.92 Å². The van der Waals surface area contributed by atoms with E-state index in [1.807, 2.05) is 0 Å². The van der Waals surface area contributed by atoms with E-state index in [0.29, 0.717) is 12.8 Å². The average Bonchev–Trinajstić information content (AvgIpc) is 2.86. The van der Waals surface area contributed by atoms with Gasteiger partial charge in [-0.3, -0.25) is 4.79 Å². The van der Waals surface area contributed by atoms with Crippen LogP contribution in [0.25, 0.3) is 0 Å². The molecule has 1 aromatic rings. The minimum Gasteiger partial charge on any atom is -0.480 e. The Balaban J connectivity index is 2.30. The van der Waals surface area contributed by atoms with Crippen molar-refractivity contribution in [3.8, 4) is 0 Å². The van der Waals surface area contributed by atoms with Gasteiger partial charge < -0.3 is 10.0 Å². The second kappa shape index (κ2) is 5.34. The van der Waals surface area contributed by atoms with Crippen molar-refractivity contribution in [1.82, 2.24) is 9.88 Å². The highest BCUT2D eigenvalue weighted by Gasteiger charge is 2.36. The summed E-state index contributed by atoms with van der Waals surface area (Å²) in [6.07, 6.45) is -3.69. The summed E-state index contributed by atoms with van der Waals surface area (Å²) in [5, 5.41) is 9.04. The summed E-state index contributed by atoms with van der Waals surface area (Å²) in [7, 11) is 0. The zero-order chi connectivity index (χ0) is 15.8. The lowest BCUT2D eigenvalue weighted by Crippen LogP contribution is -2.40. The Morgan fingerprint density at radius 1 is 1.38 bits per heavy atom. The number of rotatable bonds is 2. The van der Waals surface area contributed by atoms with Crippen molar-refractivity contribution < 1.29 is 27.9 Å². The largest absolute Gasteiger partial charge is 0.480 e. The first-order valence-electron chi connectivity index (χ1n) is 6.30. The molecule has 0 radical (unpaired) electrons. The fraction of sp³-hybridized carbons (Fsp3) is 0.462. The molecule has 8 heteroatoms. The molecule has 1 amide bonds. The van der Waals surface area contributed by atoms with E-state index in [1.54, 1.807) is 0 Å². The first-order chi connectivity index (χ1) is 9.71. The third-order valence-corrected chi connectivity index (χ3v) is 3.41. The Morgan fingerprint density at radius 2 is 2.05 bits per heavy atom. The number of carboxylic acids is 1. The minimum atomic E-state index is -4.58. The Bertz CT molecular complexity index is 587. The molecule has 1 saturated heterocycles. The highest BCUT2D eigenvalue weighted by atomic mass is 19.4. The third kappa shape index (κ3) is 2.98. The minimum absolute atomic E-state index is 0.00356. The standard InChI is InChI=1S/C13H13F3N2O3/c1-7-8(4-5-10(17-7)13(14,15)16)11(19)18-6-2-3-9(18)12(20)21/h4-5,9H,2-3,6H2,1H3,(H,20,21). The lowest BCUT2D eigenvalue weighted by Gasteiger charge is -2.22. The molecule has 1 fully saturated rings. The van der Waals surface area contributed by atoms with Crippen LogP contribution in [0.5, 0.6) is 0 Å². The number of aryl methyl sites for hydroxylation is 1. The Morgan fingerprint density at radius 3 is 2.57 bits per heavy atom. The SMILES string of the molecule is Cc1nc(C(F)(F)F)ccc1C(=O)N1CCCC1C(=O)O. The van der Waals surface area contributed by atoms with Crippen LogP contribution in [0.2, 0.25) is 0 Å². The summed E-state index contributed by atoms with van der Waals surface area (Å²) in [6.45, 7) is 1.57. The van der Waals surface area contributed by atoms with Crippen molar-refractivity contribution in [2.75, 3.05) is 6.54 Å². The van der Waals surface area contributed by atoms with Gasteiger partial charge in [0.15, 0.2) is 0 Å². The second-order valence-electron chi connectivity index (χ2n) is 4.82. The number of alkyl halides is 3. The number of hydrogen-bond donors (Lipinski definition) is 1. The van der Waals surface area contributed by atoms with Gasteiger partial charge in [0.25, 0.3) is 5.91 Å². The number of pyridine rings is 1. The number of nitrogens with zero attached hydrogens (tertiary/aromatic N) is 2. The maximum atomic E-state index is 12.5. The molecular weight excluding hydrogens is 289 g/mol. The van der Waals surface area contributed by atoms with E-state index in [4.69, 9.17) is 5.11 Å². The number of carbonyl (C=O) groups excluding carboxylic acids is 1. The first kappa shape index (κ1) is 15.3. The number of halogens is 3. The summed E-state index contributed by atoms with van der Waals surface area (Å²) in [4.78, 5) is 27.9. The third-order valence-electron chi connectivity index (χ3n) is 3.41. The molecule has 1 atom stereocenters. The van der Waals surface area contributed by atoms with Crippen molar-refractivity contribution >= 4 is 11.9 Å². The number of carboxylic acid groups (broad SMARTS) is 1. The average molecular weight is 302 g/mol. The number of carbonyl (C=O) groups is 2. The molecular formula is C13H13F3N2O3. The van der Waals surface area contributed by atoms with E-state index in [0.717, 1.165) is 12.1 Å². The smallest absolute Gasteiger partial charge is 0.433 e. The van der Waals surface area contributed by atoms with Gasteiger partial charge in [-0.15, -0.1) is 0 Å². The molecule has 1 aliphatic heterocycles. The zero-order valence-corrected chi connectivity index (χ0v) is 11.1. The highest BCUT2D eigenvalue weighted by Crippen LogP contribution is 2.29. The van der Waals surface area contributed by atoms with Gasteiger partial charge in [-0.25, -0.2) is 9.78 Å². The number of aliphatic carboxylic acids is 1. The summed E-state index contributed by atoms with van der Waals surface area (Å²) in [6, 6.07) is 0.843. The van der Waals surface area contributed by atoms with Crippen molar-refractivity contribution in [1.29, 1.82) is 0 Å². The highest BCUT2D eigenvalue weighted by molar-refractivity contribution is 5.97. The summed E-state index contributed by atoms with van der Waals surface area (Å²) >= 11 is 0. The zero-order valence-electron chi connectivity index (χ0n) is 11.1. The Labute approximate surface area is 118 Å². The summed E-state index contributed by atoms with van der Waals surface area (Å²) in [5.41, 5.74) is -1.14. The van der Waals surface area contributed by atoms with Gasteiger partial charge in [-0.2, -0.15) is 13.2 Å². The molecule has 1 aromatic heterocycles. The molecule has 2 rings (SSSR count). The molecule has 0 bridgehead atoms. The monoisotopic (exact) mass is 302 g/mol. The van der Waals surface area contributed by atoms with Crippen LogP contribution in [0.1, 0.15) is 34.6 Å². The molecule has 1 N–H and O–H groups in total. The van der Waals surface area contributed by atoms with Crippen LogP contribution < -0.4 is 0 Å². The molecule has 0 aliphatic carbocycles. The molecule has 0 spiro atoms. The van der Waals surface area contributed by atoms with E-state index >= 15 is 0 Å². The molecule has 2 heterocycles.